The zero-order valence-electron chi connectivity index (χ0n) is 13.9. The number of carbonyl (C=O) groups is 2. The number of benzene rings is 1. The van der Waals surface area contributed by atoms with Gasteiger partial charge in [0.25, 0.3) is 11.8 Å². The molecule has 0 aliphatic rings. The normalized spacial score (nSPS) is 10.5. The summed E-state index contributed by atoms with van der Waals surface area (Å²) in [5, 5.41) is 6.27. The van der Waals surface area contributed by atoms with Crippen LogP contribution in [-0.2, 0) is 0 Å². The Labute approximate surface area is 144 Å². The first kappa shape index (κ1) is 18.1. The summed E-state index contributed by atoms with van der Waals surface area (Å²) in [6, 6.07) is 7.23. The topological polar surface area (TPSA) is 61.4 Å². The molecule has 1 aromatic heterocycles. The summed E-state index contributed by atoms with van der Waals surface area (Å²) in [6.45, 7) is 3.13. The molecule has 0 spiro atoms. The van der Waals surface area contributed by atoms with Crippen LogP contribution in [0.5, 0.6) is 0 Å². The molecular formula is C17H20FN3O2S. The van der Waals surface area contributed by atoms with E-state index in [1.807, 2.05) is 14.0 Å². The fourth-order valence-electron chi connectivity index (χ4n) is 2.12. The molecule has 2 aromatic rings. The highest BCUT2D eigenvalue weighted by Gasteiger charge is 2.18. The van der Waals surface area contributed by atoms with Crippen molar-refractivity contribution in [3.63, 3.8) is 0 Å². The van der Waals surface area contributed by atoms with Gasteiger partial charge < -0.3 is 15.5 Å². The summed E-state index contributed by atoms with van der Waals surface area (Å²) >= 11 is 1.22. The molecule has 128 valence electrons. The van der Waals surface area contributed by atoms with Gasteiger partial charge in [-0.2, -0.15) is 0 Å². The number of nitrogens with one attached hydrogen (secondary N) is 2. The first-order chi connectivity index (χ1) is 11.4. The Morgan fingerprint density at radius 3 is 2.71 bits per heavy atom. The standard InChI is InChI=1S/C17H20FN3O2S/c1-11-9-14(20-16(22)12-5-4-6-13(18)10-12)24-15(11)17(23)21(3)8-7-19-2/h4-6,9-10,19H,7-8H2,1-3H3,(H,20,22). The third kappa shape index (κ3) is 4.39. The molecule has 0 saturated carbocycles. The lowest BCUT2D eigenvalue weighted by atomic mass is 10.2. The Bertz CT molecular complexity index is 745. The maximum atomic E-state index is 13.2. The van der Waals surface area contributed by atoms with E-state index in [1.54, 1.807) is 18.0 Å². The van der Waals surface area contributed by atoms with Gasteiger partial charge in [-0.15, -0.1) is 11.3 Å². The number of anilines is 1. The van der Waals surface area contributed by atoms with Crippen molar-refractivity contribution in [2.24, 2.45) is 0 Å². The molecule has 2 rings (SSSR count). The summed E-state index contributed by atoms with van der Waals surface area (Å²) in [4.78, 5) is 26.8. The highest BCUT2D eigenvalue weighted by molar-refractivity contribution is 7.18. The summed E-state index contributed by atoms with van der Waals surface area (Å²) in [7, 11) is 3.57. The monoisotopic (exact) mass is 349 g/mol. The average molecular weight is 349 g/mol. The van der Waals surface area contributed by atoms with E-state index < -0.39 is 11.7 Å². The number of nitrogens with zero attached hydrogens (tertiary/aromatic N) is 1. The summed E-state index contributed by atoms with van der Waals surface area (Å²) < 4.78 is 13.2. The van der Waals surface area contributed by atoms with Crippen molar-refractivity contribution in [2.45, 2.75) is 6.92 Å². The smallest absolute Gasteiger partial charge is 0.264 e. The van der Waals surface area contributed by atoms with Crippen LogP contribution in [0, 0.1) is 12.7 Å². The molecule has 0 saturated heterocycles. The maximum Gasteiger partial charge on any atom is 0.264 e. The van der Waals surface area contributed by atoms with Crippen LogP contribution in [0.1, 0.15) is 25.6 Å². The third-order valence-electron chi connectivity index (χ3n) is 3.48. The SMILES string of the molecule is CNCCN(C)C(=O)c1sc(NC(=O)c2cccc(F)c2)cc1C. The molecule has 5 nitrogen and oxygen atoms in total. The van der Waals surface area contributed by atoms with E-state index in [4.69, 9.17) is 0 Å². The highest BCUT2D eigenvalue weighted by Crippen LogP contribution is 2.28. The molecular weight excluding hydrogens is 329 g/mol. The zero-order chi connectivity index (χ0) is 17.7. The predicted octanol–water partition coefficient (Wildman–Crippen LogP) is 2.74. The second kappa shape index (κ2) is 8.03. The van der Waals surface area contributed by atoms with Gasteiger partial charge in [-0.05, 0) is 43.8 Å². The lowest BCUT2D eigenvalue weighted by Crippen LogP contribution is -2.32. The number of carbonyl (C=O) groups excluding carboxylic acids is 2. The second-order valence-corrected chi connectivity index (χ2v) is 6.47. The molecule has 0 unspecified atom stereocenters. The molecule has 1 heterocycles. The number of hydrogen-bond donors (Lipinski definition) is 2. The van der Waals surface area contributed by atoms with Crippen LogP contribution in [0.3, 0.4) is 0 Å². The van der Waals surface area contributed by atoms with E-state index in [1.165, 1.54) is 35.6 Å². The van der Waals surface area contributed by atoms with Gasteiger partial charge in [-0.1, -0.05) is 6.07 Å². The molecule has 0 radical (unpaired) electrons. The van der Waals surface area contributed by atoms with Crippen molar-refractivity contribution in [3.05, 3.63) is 52.2 Å². The van der Waals surface area contributed by atoms with Gasteiger partial charge in [0.15, 0.2) is 0 Å². The molecule has 2 N–H and O–H groups in total. The Hall–Kier alpha value is -2.25. The highest BCUT2D eigenvalue weighted by atomic mass is 32.1. The van der Waals surface area contributed by atoms with Crippen molar-refractivity contribution in [2.75, 3.05) is 32.5 Å². The Kier molecular flexibility index (Phi) is 6.05. The van der Waals surface area contributed by atoms with Crippen LogP contribution >= 0.6 is 11.3 Å². The van der Waals surface area contributed by atoms with Crippen molar-refractivity contribution in [1.29, 1.82) is 0 Å². The van der Waals surface area contributed by atoms with Gasteiger partial charge in [-0.25, -0.2) is 4.39 Å². The Morgan fingerprint density at radius 1 is 1.29 bits per heavy atom. The van der Waals surface area contributed by atoms with E-state index in [2.05, 4.69) is 10.6 Å². The fraction of sp³-hybridized carbons (Fsp3) is 0.294. The largest absolute Gasteiger partial charge is 0.340 e. The number of amides is 2. The van der Waals surface area contributed by atoms with Gasteiger partial charge in [0.05, 0.1) is 9.88 Å². The van der Waals surface area contributed by atoms with E-state index in [-0.39, 0.29) is 11.5 Å². The lowest BCUT2D eigenvalue weighted by molar-refractivity contribution is 0.0800. The van der Waals surface area contributed by atoms with E-state index >= 15 is 0 Å². The Balaban J connectivity index is 2.11. The van der Waals surface area contributed by atoms with Crippen molar-refractivity contribution in [1.82, 2.24) is 10.2 Å². The van der Waals surface area contributed by atoms with Gasteiger partial charge in [0.2, 0.25) is 0 Å². The molecule has 0 bridgehead atoms. The van der Waals surface area contributed by atoms with E-state index in [0.29, 0.717) is 23.0 Å². The number of halogens is 1. The maximum absolute atomic E-state index is 13.2. The van der Waals surface area contributed by atoms with Crippen molar-refractivity contribution >= 4 is 28.2 Å². The molecule has 1 aromatic carbocycles. The number of thiophene rings is 1. The minimum atomic E-state index is -0.466. The van der Waals surface area contributed by atoms with Crippen LogP contribution < -0.4 is 10.6 Å². The second-order valence-electron chi connectivity index (χ2n) is 5.42. The predicted molar refractivity (Wildman–Crippen MR) is 94.3 cm³/mol. The van der Waals surface area contributed by atoms with Crippen LogP contribution in [0.4, 0.5) is 9.39 Å². The van der Waals surface area contributed by atoms with Gasteiger partial charge >= 0.3 is 0 Å². The molecule has 24 heavy (non-hydrogen) atoms. The van der Waals surface area contributed by atoms with E-state index in [9.17, 15) is 14.0 Å². The number of rotatable bonds is 6. The first-order valence-electron chi connectivity index (χ1n) is 7.49. The minimum Gasteiger partial charge on any atom is -0.340 e. The van der Waals surface area contributed by atoms with Crippen LogP contribution in [0.15, 0.2) is 30.3 Å². The number of aryl methyl sites for hydroxylation is 1. The van der Waals surface area contributed by atoms with Crippen LogP contribution in [0.25, 0.3) is 0 Å². The molecule has 0 atom stereocenters. The first-order valence-corrected chi connectivity index (χ1v) is 8.31. The van der Waals surface area contributed by atoms with Gasteiger partial charge in [-0.3, -0.25) is 9.59 Å². The van der Waals surface area contributed by atoms with Crippen molar-refractivity contribution < 1.29 is 14.0 Å². The van der Waals surface area contributed by atoms with Crippen LogP contribution in [0.2, 0.25) is 0 Å². The molecule has 0 fully saturated rings. The van der Waals surface area contributed by atoms with Crippen LogP contribution in [-0.4, -0.2) is 43.9 Å². The van der Waals surface area contributed by atoms with Gasteiger partial charge in [0, 0.05) is 25.7 Å². The Morgan fingerprint density at radius 2 is 2.04 bits per heavy atom. The summed E-state index contributed by atoms with van der Waals surface area (Å²) in [6.07, 6.45) is 0. The fourth-order valence-corrected chi connectivity index (χ4v) is 3.19. The third-order valence-corrected chi connectivity index (χ3v) is 4.62. The van der Waals surface area contributed by atoms with E-state index in [0.717, 1.165) is 5.56 Å². The van der Waals surface area contributed by atoms with Gasteiger partial charge in [0.1, 0.15) is 5.82 Å². The number of likely N-dealkylation sites (N-methyl/N-ethyl adjacent to an activating group) is 2. The number of hydrogen-bond acceptors (Lipinski definition) is 4. The average Bonchev–Trinajstić information content (AvgIpc) is 2.92. The zero-order valence-corrected chi connectivity index (χ0v) is 14.7. The molecule has 2 amide bonds. The quantitative estimate of drug-likeness (QED) is 0.843. The van der Waals surface area contributed by atoms with Crippen molar-refractivity contribution in [3.8, 4) is 0 Å². The summed E-state index contributed by atoms with van der Waals surface area (Å²) in [5.74, 6) is -0.954. The summed E-state index contributed by atoms with van der Waals surface area (Å²) in [5.41, 5.74) is 1.04. The lowest BCUT2D eigenvalue weighted by Gasteiger charge is -2.16. The minimum absolute atomic E-state index is 0.0843. The molecule has 7 heteroatoms. The molecule has 0 aliphatic heterocycles. The molecule has 0 aliphatic carbocycles.